The smallest absolute Gasteiger partial charge is 0.296 e. The minimum atomic E-state index is -4.63. The van der Waals surface area contributed by atoms with Crippen LogP contribution in [-0.2, 0) is 10.1 Å². The van der Waals surface area contributed by atoms with Crippen LogP contribution in [0.5, 0.6) is 5.75 Å². The van der Waals surface area contributed by atoms with Crippen molar-refractivity contribution in [3.8, 4) is 5.75 Å². The van der Waals surface area contributed by atoms with Crippen molar-refractivity contribution in [1.82, 2.24) is 0 Å². The number of nitrogen functional groups attached to an aromatic ring is 1. The van der Waals surface area contributed by atoms with Crippen molar-refractivity contribution in [2.45, 2.75) is 24.8 Å². The van der Waals surface area contributed by atoms with E-state index < -0.39 is 20.8 Å². The van der Waals surface area contributed by atoms with Crippen molar-refractivity contribution in [2.24, 2.45) is 0 Å². The summed E-state index contributed by atoms with van der Waals surface area (Å²) in [5.74, 6) is -0.579. The number of hydrogen-bond donors (Lipinski definition) is 4. The summed E-state index contributed by atoms with van der Waals surface area (Å²) in [5.41, 5.74) is 7.03. The molecule has 1 aliphatic rings. The first-order valence-electron chi connectivity index (χ1n) is 10.4. The molecular formula is C24H23N3O6S. The lowest BCUT2D eigenvalue weighted by Gasteiger charge is -2.26. The molecule has 0 atom stereocenters. The molecule has 3 aromatic rings. The summed E-state index contributed by atoms with van der Waals surface area (Å²) in [6.07, 6.45) is 0. The number of rotatable bonds is 6. The Labute approximate surface area is 196 Å². The molecule has 1 aliphatic carbocycles. The molecular weight excluding hydrogens is 458 g/mol. The third-order valence-corrected chi connectivity index (χ3v) is 6.27. The Bertz CT molecular complexity index is 1450. The van der Waals surface area contributed by atoms with Gasteiger partial charge in [-0.25, -0.2) is 0 Å². The van der Waals surface area contributed by atoms with E-state index in [1.165, 1.54) is 19.2 Å². The Morgan fingerprint density at radius 3 is 2.21 bits per heavy atom. The predicted octanol–water partition coefficient (Wildman–Crippen LogP) is 3.86. The number of anilines is 4. The summed E-state index contributed by atoms with van der Waals surface area (Å²) in [4.78, 5) is 26.8. The quantitative estimate of drug-likeness (QED) is 0.238. The maximum atomic E-state index is 13.7. The van der Waals surface area contributed by atoms with Crippen molar-refractivity contribution in [3.63, 3.8) is 0 Å². The van der Waals surface area contributed by atoms with E-state index >= 15 is 0 Å². The molecule has 0 radical (unpaired) electrons. The van der Waals surface area contributed by atoms with Crippen molar-refractivity contribution in [2.75, 3.05) is 23.5 Å². The van der Waals surface area contributed by atoms with E-state index in [1.54, 1.807) is 30.3 Å². The van der Waals surface area contributed by atoms with Gasteiger partial charge in [0.05, 0.1) is 35.2 Å². The zero-order valence-electron chi connectivity index (χ0n) is 18.7. The Kier molecular flexibility index (Phi) is 5.80. The highest BCUT2D eigenvalue weighted by atomic mass is 32.2. The molecule has 0 spiro atoms. The highest BCUT2D eigenvalue weighted by molar-refractivity contribution is 7.86. The summed E-state index contributed by atoms with van der Waals surface area (Å²) in [7, 11) is -3.22. The minimum absolute atomic E-state index is 0.00505. The molecule has 10 heteroatoms. The number of carbonyl (C=O) groups is 2. The summed E-state index contributed by atoms with van der Waals surface area (Å²) in [6, 6.07) is 11.9. The van der Waals surface area contributed by atoms with E-state index in [-0.39, 0.29) is 56.9 Å². The number of hydrogen-bond acceptors (Lipinski definition) is 8. The number of methoxy groups -OCH3 is 1. The molecule has 34 heavy (non-hydrogen) atoms. The van der Waals surface area contributed by atoms with Crippen LogP contribution in [0, 0.1) is 0 Å². The van der Waals surface area contributed by atoms with E-state index in [9.17, 15) is 22.6 Å². The van der Waals surface area contributed by atoms with Gasteiger partial charge in [0.15, 0.2) is 11.6 Å². The van der Waals surface area contributed by atoms with Gasteiger partial charge in [-0.1, -0.05) is 12.1 Å². The van der Waals surface area contributed by atoms with Crippen LogP contribution >= 0.6 is 0 Å². The molecule has 4 rings (SSSR count). The minimum Gasteiger partial charge on any atom is -0.496 e. The van der Waals surface area contributed by atoms with E-state index in [4.69, 9.17) is 10.5 Å². The fourth-order valence-corrected chi connectivity index (χ4v) is 4.68. The fourth-order valence-electron chi connectivity index (χ4n) is 3.99. The molecule has 0 heterocycles. The Balaban J connectivity index is 1.97. The number of fused-ring (bicyclic) bond motifs is 2. The number of ether oxygens (including phenoxy) is 1. The van der Waals surface area contributed by atoms with Gasteiger partial charge in [-0.2, -0.15) is 8.42 Å². The Morgan fingerprint density at radius 1 is 0.912 bits per heavy atom. The lowest BCUT2D eigenvalue weighted by molar-refractivity contribution is 0.0977. The second-order valence-corrected chi connectivity index (χ2v) is 9.50. The van der Waals surface area contributed by atoms with E-state index in [0.717, 1.165) is 6.07 Å². The number of nitrogens with two attached hydrogens (primary N) is 1. The van der Waals surface area contributed by atoms with Gasteiger partial charge >= 0.3 is 0 Å². The van der Waals surface area contributed by atoms with Gasteiger partial charge in [0.1, 0.15) is 10.6 Å². The van der Waals surface area contributed by atoms with Crippen LogP contribution in [0.1, 0.15) is 45.7 Å². The average molecular weight is 482 g/mol. The lowest BCUT2D eigenvalue weighted by Crippen LogP contribution is -2.25. The molecule has 3 aromatic carbocycles. The number of benzene rings is 3. The van der Waals surface area contributed by atoms with Crippen LogP contribution in [-0.4, -0.2) is 37.7 Å². The SMILES string of the molecule is COc1cccc2c1C(=O)c1c(Nc3ccc(N)cc3S(=O)(=O)O)ccc(NC(C)C)c1C2=O. The maximum absolute atomic E-state index is 13.7. The van der Waals surface area contributed by atoms with Crippen molar-refractivity contribution in [1.29, 1.82) is 0 Å². The van der Waals surface area contributed by atoms with Gasteiger partial charge in [-0.3, -0.25) is 14.1 Å². The van der Waals surface area contributed by atoms with Crippen LogP contribution in [0.3, 0.4) is 0 Å². The van der Waals surface area contributed by atoms with E-state index in [2.05, 4.69) is 10.6 Å². The van der Waals surface area contributed by atoms with Crippen LogP contribution < -0.4 is 21.1 Å². The van der Waals surface area contributed by atoms with E-state index in [0.29, 0.717) is 5.69 Å². The number of nitrogens with one attached hydrogen (secondary N) is 2. The maximum Gasteiger partial charge on any atom is 0.296 e. The van der Waals surface area contributed by atoms with Crippen molar-refractivity contribution in [3.05, 3.63) is 70.8 Å². The molecule has 176 valence electrons. The Hall–Kier alpha value is -3.89. The van der Waals surface area contributed by atoms with Crippen LogP contribution in [0.25, 0.3) is 0 Å². The van der Waals surface area contributed by atoms with Gasteiger partial charge < -0.3 is 21.1 Å². The van der Waals surface area contributed by atoms with Gasteiger partial charge in [0, 0.05) is 23.0 Å². The van der Waals surface area contributed by atoms with Gasteiger partial charge in [0.2, 0.25) is 0 Å². The van der Waals surface area contributed by atoms with Crippen LogP contribution in [0.15, 0.2) is 53.4 Å². The van der Waals surface area contributed by atoms with Crippen LogP contribution in [0.2, 0.25) is 0 Å². The summed E-state index contributed by atoms with van der Waals surface area (Å²) in [5, 5.41) is 6.09. The van der Waals surface area contributed by atoms with Crippen molar-refractivity contribution >= 4 is 44.4 Å². The summed E-state index contributed by atoms with van der Waals surface area (Å²) >= 11 is 0. The van der Waals surface area contributed by atoms with E-state index in [1.807, 2.05) is 13.8 Å². The molecule has 5 N–H and O–H groups in total. The van der Waals surface area contributed by atoms with Crippen LogP contribution in [0.4, 0.5) is 22.7 Å². The average Bonchev–Trinajstić information content (AvgIpc) is 2.77. The van der Waals surface area contributed by atoms with Gasteiger partial charge in [0.25, 0.3) is 10.1 Å². The van der Waals surface area contributed by atoms with Gasteiger partial charge in [-0.15, -0.1) is 0 Å². The highest BCUT2D eigenvalue weighted by Crippen LogP contribution is 2.41. The molecule has 0 amide bonds. The second-order valence-electron chi connectivity index (χ2n) is 8.11. The largest absolute Gasteiger partial charge is 0.496 e. The first kappa shape index (κ1) is 23.3. The van der Waals surface area contributed by atoms with Gasteiger partial charge in [-0.05, 0) is 50.2 Å². The highest BCUT2D eigenvalue weighted by Gasteiger charge is 2.36. The molecule has 0 saturated carbocycles. The molecule has 0 aliphatic heterocycles. The number of ketones is 2. The monoisotopic (exact) mass is 481 g/mol. The number of carbonyl (C=O) groups excluding carboxylic acids is 2. The molecule has 9 nitrogen and oxygen atoms in total. The molecule has 0 saturated heterocycles. The molecule has 0 unspecified atom stereocenters. The standard InChI is InChI=1S/C24H23N3O6S/c1-12(2)26-16-9-10-17(27-15-8-7-13(25)11-19(15)34(30,31)32)22-21(16)23(28)14-5-4-6-18(33-3)20(14)24(22)29/h4-12,26-27H,25H2,1-3H3,(H,30,31,32). The zero-order valence-corrected chi connectivity index (χ0v) is 19.5. The third-order valence-electron chi connectivity index (χ3n) is 5.37. The summed E-state index contributed by atoms with van der Waals surface area (Å²) in [6.45, 7) is 3.80. The molecule has 0 fully saturated rings. The second kappa shape index (κ2) is 8.47. The van der Waals surface area contributed by atoms with Crippen molar-refractivity contribution < 1.29 is 27.3 Å². The Morgan fingerprint density at radius 2 is 1.56 bits per heavy atom. The first-order chi connectivity index (χ1) is 16.0. The zero-order chi connectivity index (χ0) is 24.8. The molecule has 0 aromatic heterocycles. The fraction of sp³-hybridized carbons (Fsp3) is 0.167. The molecule has 0 bridgehead atoms. The third kappa shape index (κ3) is 3.97. The lowest BCUT2D eigenvalue weighted by atomic mass is 9.81. The normalized spacial score (nSPS) is 12.9. The topological polar surface area (TPSA) is 148 Å². The predicted molar refractivity (Wildman–Crippen MR) is 129 cm³/mol. The summed E-state index contributed by atoms with van der Waals surface area (Å²) < 4.78 is 38.9. The first-order valence-corrected chi connectivity index (χ1v) is 11.8.